The van der Waals surface area contributed by atoms with Gasteiger partial charge in [-0.3, -0.25) is 0 Å². The van der Waals surface area contributed by atoms with Crippen LogP contribution in [-0.4, -0.2) is 12.1 Å². The number of ether oxygens (including phenoxy) is 1. The van der Waals surface area contributed by atoms with E-state index in [9.17, 15) is 0 Å². The van der Waals surface area contributed by atoms with Gasteiger partial charge in [0.05, 0.1) is 5.69 Å². The minimum atomic E-state index is 0.0661. The van der Waals surface area contributed by atoms with Crippen molar-refractivity contribution in [2.75, 3.05) is 7.11 Å². The van der Waals surface area contributed by atoms with Crippen molar-refractivity contribution in [1.29, 1.82) is 0 Å². The van der Waals surface area contributed by atoms with Crippen LogP contribution < -0.4 is 5.73 Å². The zero-order valence-electron chi connectivity index (χ0n) is 11.6. The lowest BCUT2D eigenvalue weighted by Gasteiger charge is -2.15. The van der Waals surface area contributed by atoms with Gasteiger partial charge in [-0.15, -0.1) is 11.3 Å². The van der Waals surface area contributed by atoms with Crippen LogP contribution >= 0.6 is 11.3 Å². The molecule has 1 unspecified atom stereocenters. The monoisotopic (exact) mass is 276 g/mol. The second kappa shape index (κ2) is 6.28. The largest absolute Gasteiger partial charge is 0.374 e. The summed E-state index contributed by atoms with van der Waals surface area (Å²) in [5.74, 6) is 0.416. The molecule has 0 aliphatic carbocycles. The first-order valence-corrected chi connectivity index (χ1v) is 7.31. The first-order valence-electron chi connectivity index (χ1n) is 6.43. The molecule has 102 valence electrons. The van der Waals surface area contributed by atoms with Crippen LogP contribution in [0.25, 0.3) is 11.3 Å². The molecule has 1 aromatic heterocycles. The fourth-order valence-corrected chi connectivity index (χ4v) is 3.14. The number of methoxy groups -OCH3 is 1. The van der Waals surface area contributed by atoms with Crippen LogP contribution in [0.15, 0.2) is 29.6 Å². The fraction of sp³-hybridized carbons (Fsp3) is 0.400. The number of hydrogen-bond acceptors (Lipinski definition) is 4. The molecule has 0 amide bonds. The third kappa shape index (κ3) is 3.21. The highest BCUT2D eigenvalue weighted by atomic mass is 32.1. The lowest BCUT2D eigenvalue weighted by Crippen LogP contribution is -2.08. The van der Waals surface area contributed by atoms with Crippen molar-refractivity contribution in [2.24, 2.45) is 11.7 Å². The van der Waals surface area contributed by atoms with Crippen molar-refractivity contribution in [1.82, 2.24) is 4.98 Å². The number of nitrogens with two attached hydrogens (primary N) is 1. The highest BCUT2D eigenvalue weighted by Crippen LogP contribution is 2.31. The van der Waals surface area contributed by atoms with Crippen molar-refractivity contribution in [2.45, 2.75) is 26.5 Å². The maximum Gasteiger partial charge on any atom is 0.122 e. The molecule has 0 bridgehead atoms. The minimum Gasteiger partial charge on any atom is -0.374 e. The average molecular weight is 276 g/mol. The van der Waals surface area contributed by atoms with E-state index in [1.807, 2.05) is 12.1 Å². The summed E-state index contributed by atoms with van der Waals surface area (Å²) in [4.78, 5) is 4.70. The molecule has 1 heterocycles. The molecular formula is C15H20N2OS. The van der Waals surface area contributed by atoms with Crippen LogP contribution in [0.4, 0.5) is 0 Å². The molecule has 1 atom stereocenters. The molecule has 2 N–H and O–H groups in total. The summed E-state index contributed by atoms with van der Waals surface area (Å²) in [6.07, 6.45) is 0.0661. The molecule has 1 aromatic carbocycles. The summed E-state index contributed by atoms with van der Waals surface area (Å²) in [6.45, 7) is 4.84. The summed E-state index contributed by atoms with van der Waals surface area (Å²) in [7, 11) is 1.74. The van der Waals surface area contributed by atoms with Crippen LogP contribution in [0, 0.1) is 5.92 Å². The van der Waals surface area contributed by atoms with E-state index in [2.05, 4.69) is 31.4 Å². The van der Waals surface area contributed by atoms with Gasteiger partial charge < -0.3 is 10.5 Å². The molecule has 0 aliphatic heterocycles. The Bertz CT molecular complexity index is 536. The van der Waals surface area contributed by atoms with Crippen molar-refractivity contribution in [3.05, 3.63) is 40.2 Å². The number of thiazole rings is 1. The summed E-state index contributed by atoms with van der Waals surface area (Å²) in [5.41, 5.74) is 8.91. The van der Waals surface area contributed by atoms with Gasteiger partial charge in [0.2, 0.25) is 0 Å². The van der Waals surface area contributed by atoms with Crippen LogP contribution in [-0.2, 0) is 11.3 Å². The Hall–Kier alpha value is -1.23. The van der Waals surface area contributed by atoms with Gasteiger partial charge in [0.1, 0.15) is 11.1 Å². The predicted molar refractivity (Wildman–Crippen MR) is 80.0 cm³/mol. The Kier molecular flexibility index (Phi) is 4.69. The smallest absolute Gasteiger partial charge is 0.122 e. The Labute approximate surface area is 118 Å². The summed E-state index contributed by atoms with van der Waals surface area (Å²) < 4.78 is 5.52. The Morgan fingerprint density at radius 2 is 2.16 bits per heavy atom. The number of aromatic nitrogens is 1. The maximum absolute atomic E-state index is 5.67. The second-order valence-corrected chi connectivity index (χ2v) is 5.77. The third-order valence-electron chi connectivity index (χ3n) is 3.08. The van der Waals surface area contributed by atoms with Gasteiger partial charge in [0.25, 0.3) is 0 Å². The minimum absolute atomic E-state index is 0.0661. The number of hydrogen-bond donors (Lipinski definition) is 1. The molecule has 2 rings (SSSR count). The van der Waals surface area contributed by atoms with Gasteiger partial charge in [-0.1, -0.05) is 32.0 Å². The van der Waals surface area contributed by atoms with Crippen molar-refractivity contribution < 1.29 is 4.74 Å². The Morgan fingerprint density at radius 1 is 1.37 bits per heavy atom. The predicted octanol–water partition coefficient (Wildman–Crippen LogP) is 3.61. The highest BCUT2D eigenvalue weighted by molar-refractivity contribution is 7.10. The van der Waals surface area contributed by atoms with E-state index >= 15 is 0 Å². The van der Waals surface area contributed by atoms with E-state index < -0.39 is 0 Å². The van der Waals surface area contributed by atoms with Gasteiger partial charge in [0.15, 0.2) is 0 Å². The number of nitrogens with zero attached hydrogens (tertiary/aromatic N) is 1. The number of benzene rings is 1. The van der Waals surface area contributed by atoms with Crippen LogP contribution in [0.1, 0.15) is 30.5 Å². The highest BCUT2D eigenvalue weighted by Gasteiger charge is 2.19. The summed E-state index contributed by atoms with van der Waals surface area (Å²) in [5, 5.41) is 3.12. The molecule has 0 radical (unpaired) electrons. The first-order chi connectivity index (χ1) is 9.15. The summed E-state index contributed by atoms with van der Waals surface area (Å²) >= 11 is 1.65. The zero-order chi connectivity index (χ0) is 13.8. The van der Waals surface area contributed by atoms with Crippen LogP contribution in [0.3, 0.4) is 0 Å². The quantitative estimate of drug-likeness (QED) is 0.907. The van der Waals surface area contributed by atoms with Crippen molar-refractivity contribution in [3.8, 4) is 11.3 Å². The topological polar surface area (TPSA) is 48.1 Å². The molecular weight excluding hydrogens is 256 g/mol. The van der Waals surface area contributed by atoms with Gasteiger partial charge in [0, 0.05) is 24.6 Å². The van der Waals surface area contributed by atoms with Crippen molar-refractivity contribution in [3.63, 3.8) is 0 Å². The maximum atomic E-state index is 5.67. The average Bonchev–Trinajstić information content (AvgIpc) is 2.89. The Balaban J connectivity index is 2.29. The molecule has 0 saturated carbocycles. The molecule has 0 fully saturated rings. The van der Waals surface area contributed by atoms with Crippen LogP contribution in [0.2, 0.25) is 0 Å². The molecule has 3 nitrogen and oxygen atoms in total. The lowest BCUT2D eigenvalue weighted by atomic mass is 10.1. The van der Waals surface area contributed by atoms with E-state index in [0.717, 1.165) is 21.8 Å². The van der Waals surface area contributed by atoms with E-state index in [4.69, 9.17) is 15.5 Å². The van der Waals surface area contributed by atoms with Gasteiger partial charge in [-0.25, -0.2) is 4.98 Å². The third-order valence-corrected chi connectivity index (χ3v) is 3.99. The molecule has 0 aliphatic rings. The van der Waals surface area contributed by atoms with Crippen LogP contribution in [0.5, 0.6) is 0 Å². The van der Waals surface area contributed by atoms with E-state index in [1.54, 1.807) is 18.4 Å². The normalized spacial score (nSPS) is 12.9. The van der Waals surface area contributed by atoms with Gasteiger partial charge >= 0.3 is 0 Å². The standard InChI is InChI=1S/C15H20N2OS/c1-10(2)14(18-3)15-17-13(9-19-15)12-6-4-5-11(7-12)8-16/h4-7,9-10,14H,8,16H2,1-3H3. The van der Waals surface area contributed by atoms with Gasteiger partial charge in [-0.05, 0) is 17.5 Å². The van der Waals surface area contributed by atoms with Crippen molar-refractivity contribution >= 4 is 11.3 Å². The molecule has 19 heavy (non-hydrogen) atoms. The van der Waals surface area contributed by atoms with Gasteiger partial charge in [-0.2, -0.15) is 0 Å². The molecule has 0 saturated heterocycles. The van der Waals surface area contributed by atoms with E-state index in [1.165, 1.54) is 0 Å². The first kappa shape index (κ1) is 14.2. The molecule has 4 heteroatoms. The fourth-order valence-electron chi connectivity index (χ4n) is 2.07. The molecule has 0 spiro atoms. The lowest BCUT2D eigenvalue weighted by molar-refractivity contribution is 0.0645. The Morgan fingerprint density at radius 3 is 2.79 bits per heavy atom. The van der Waals surface area contributed by atoms with E-state index in [0.29, 0.717) is 12.5 Å². The summed E-state index contributed by atoms with van der Waals surface area (Å²) in [6, 6.07) is 8.21. The number of rotatable bonds is 5. The second-order valence-electron chi connectivity index (χ2n) is 4.88. The zero-order valence-corrected chi connectivity index (χ0v) is 12.4. The van der Waals surface area contributed by atoms with E-state index in [-0.39, 0.29) is 6.10 Å². The SMILES string of the molecule is COC(c1nc(-c2cccc(CN)c2)cs1)C(C)C. The molecule has 2 aromatic rings.